The van der Waals surface area contributed by atoms with Crippen LogP contribution in [0.25, 0.3) is 0 Å². The molecule has 0 saturated heterocycles. The fraction of sp³-hybridized carbons (Fsp3) is 0.471. The Morgan fingerprint density at radius 3 is 2.17 bits per heavy atom. The van der Waals surface area contributed by atoms with Crippen molar-refractivity contribution in [2.75, 3.05) is 21.3 Å². The van der Waals surface area contributed by atoms with Gasteiger partial charge in [-0.2, -0.15) is 5.10 Å². The van der Waals surface area contributed by atoms with Crippen LogP contribution in [0.2, 0.25) is 0 Å². The third kappa shape index (κ3) is 3.96. The average Bonchev–Trinajstić information content (AvgIpc) is 2.94. The number of hydrogen-bond donors (Lipinski definition) is 1. The van der Waals surface area contributed by atoms with Crippen molar-refractivity contribution < 1.29 is 14.2 Å². The third-order valence-corrected chi connectivity index (χ3v) is 3.74. The maximum absolute atomic E-state index is 5.37. The molecular formula is C17H25N3O3. The van der Waals surface area contributed by atoms with Gasteiger partial charge in [-0.3, -0.25) is 4.68 Å². The molecule has 0 unspecified atom stereocenters. The number of aryl methyl sites for hydroxylation is 2. The minimum Gasteiger partial charge on any atom is -0.493 e. The molecular weight excluding hydrogens is 294 g/mol. The number of benzene rings is 1. The molecule has 0 aliphatic heterocycles. The molecule has 1 aromatic carbocycles. The molecule has 0 spiro atoms. The predicted octanol–water partition coefficient (Wildman–Crippen LogP) is 2.53. The number of aromatic nitrogens is 2. The van der Waals surface area contributed by atoms with Crippen LogP contribution in [0.4, 0.5) is 0 Å². The lowest BCUT2D eigenvalue weighted by molar-refractivity contribution is 0.323. The van der Waals surface area contributed by atoms with E-state index in [1.807, 2.05) is 23.7 Å². The van der Waals surface area contributed by atoms with Crippen molar-refractivity contribution in [3.8, 4) is 17.2 Å². The van der Waals surface area contributed by atoms with E-state index in [0.29, 0.717) is 23.8 Å². The maximum atomic E-state index is 5.37. The van der Waals surface area contributed by atoms with E-state index in [0.717, 1.165) is 24.3 Å². The van der Waals surface area contributed by atoms with Crippen LogP contribution in [0.15, 0.2) is 18.3 Å². The highest BCUT2D eigenvalue weighted by molar-refractivity contribution is 5.53. The van der Waals surface area contributed by atoms with E-state index in [4.69, 9.17) is 14.2 Å². The molecule has 6 nitrogen and oxygen atoms in total. The second kappa shape index (κ2) is 7.87. The van der Waals surface area contributed by atoms with E-state index in [-0.39, 0.29) is 0 Å². The Balaban J connectivity index is 2.06. The minimum atomic E-state index is 0.610. The lowest BCUT2D eigenvalue weighted by Crippen LogP contribution is -2.13. The van der Waals surface area contributed by atoms with E-state index < -0.39 is 0 Å². The van der Waals surface area contributed by atoms with E-state index >= 15 is 0 Å². The zero-order chi connectivity index (χ0) is 16.8. The normalized spacial score (nSPS) is 10.7. The summed E-state index contributed by atoms with van der Waals surface area (Å²) in [6, 6.07) is 3.91. The van der Waals surface area contributed by atoms with Crippen molar-refractivity contribution >= 4 is 0 Å². The fourth-order valence-electron chi connectivity index (χ4n) is 2.47. The molecule has 0 atom stereocenters. The van der Waals surface area contributed by atoms with Gasteiger partial charge in [-0.15, -0.1) is 0 Å². The van der Waals surface area contributed by atoms with E-state index in [1.54, 1.807) is 21.3 Å². The summed E-state index contributed by atoms with van der Waals surface area (Å²) in [7, 11) is 4.85. The van der Waals surface area contributed by atoms with Crippen LogP contribution in [0.5, 0.6) is 17.2 Å². The molecule has 0 bridgehead atoms. The summed E-state index contributed by atoms with van der Waals surface area (Å²) in [5.74, 6) is 1.94. The molecule has 2 aromatic rings. The number of nitrogens with one attached hydrogen (secondary N) is 1. The molecule has 1 heterocycles. The van der Waals surface area contributed by atoms with Crippen LogP contribution in [0.1, 0.15) is 23.7 Å². The molecule has 2 rings (SSSR count). The first-order chi connectivity index (χ1) is 11.1. The van der Waals surface area contributed by atoms with E-state index in [9.17, 15) is 0 Å². The van der Waals surface area contributed by atoms with Gasteiger partial charge in [0.2, 0.25) is 5.75 Å². The van der Waals surface area contributed by atoms with Gasteiger partial charge in [0, 0.05) is 31.4 Å². The van der Waals surface area contributed by atoms with Crippen molar-refractivity contribution in [3.05, 3.63) is 35.2 Å². The lowest BCUT2D eigenvalue weighted by Gasteiger charge is -2.14. The molecule has 0 aliphatic rings. The van der Waals surface area contributed by atoms with Crippen molar-refractivity contribution in [1.29, 1.82) is 0 Å². The predicted molar refractivity (Wildman–Crippen MR) is 89.3 cm³/mol. The molecule has 0 amide bonds. The van der Waals surface area contributed by atoms with Crippen molar-refractivity contribution in [2.24, 2.45) is 0 Å². The monoisotopic (exact) mass is 319 g/mol. The van der Waals surface area contributed by atoms with Gasteiger partial charge in [-0.25, -0.2) is 0 Å². The topological polar surface area (TPSA) is 57.5 Å². The number of nitrogens with zero attached hydrogens (tertiary/aromatic N) is 2. The highest BCUT2D eigenvalue weighted by Crippen LogP contribution is 2.38. The Labute approximate surface area is 137 Å². The van der Waals surface area contributed by atoms with Gasteiger partial charge >= 0.3 is 0 Å². The zero-order valence-corrected chi connectivity index (χ0v) is 14.5. The number of hydrogen-bond acceptors (Lipinski definition) is 5. The standard InChI is InChI=1S/C17H25N3O3/c1-6-20-11-14(12(2)19-20)10-18-9-13-7-15(21-3)17(23-5)16(8-13)22-4/h7-8,11,18H,6,9-10H2,1-5H3. The van der Waals surface area contributed by atoms with Gasteiger partial charge in [-0.1, -0.05) is 0 Å². The maximum Gasteiger partial charge on any atom is 0.203 e. The van der Waals surface area contributed by atoms with Crippen molar-refractivity contribution in [2.45, 2.75) is 33.5 Å². The number of ether oxygens (including phenoxy) is 3. The largest absolute Gasteiger partial charge is 0.493 e. The lowest BCUT2D eigenvalue weighted by atomic mass is 10.1. The van der Waals surface area contributed by atoms with E-state index in [1.165, 1.54) is 5.56 Å². The summed E-state index contributed by atoms with van der Waals surface area (Å²) < 4.78 is 18.0. The smallest absolute Gasteiger partial charge is 0.203 e. The summed E-state index contributed by atoms with van der Waals surface area (Å²) in [6.07, 6.45) is 2.08. The molecule has 0 radical (unpaired) electrons. The Morgan fingerprint density at radius 1 is 1.04 bits per heavy atom. The molecule has 0 saturated carbocycles. The summed E-state index contributed by atoms with van der Waals surface area (Å²) in [5.41, 5.74) is 3.34. The van der Waals surface area contributed by atoms with Gasteiger partial charge < -0.3 is 19.5 Å². The number of rotatable bonds is 8. The molecule has 0 aliphatic carbocycles. The fourth-order valence-corrected chi connectivity index (χ4v) is 2.47. The van der Waals surface area contributed by atoms with Gasteiger partial charge in [0.05, 0.1) is 27.0 Å². The van der Waals surface area contributed by atoms with Gasteiger partial charge in [0.25, 0.3) is 0 Å². The molecule has 6 heteroatoms. The molecule has 23 heavy (non-hydrogen) atoms. The molecule has 1 N–H and O–H groups in total. The van der Waals surface area contributed by atoms with E-state index in [2.05, 4.69) is 23.5 Å². The summed E-state index contributed by atoms with van der Waals surface area (Å²) in [4.78, 5) is 0. The summed E-state index contributed by atoms with van der Waals surface area (Å²) in [6.45, 7) is 6.46. The highest BCUT2D eigenvalue weighted by Gasteiger charge is 2.13. The van der Waals surface area contributed by atoms with Crippen LogP contribution >= 0.6 is 0 Å². The third-order valence-electron chi connectivity index (χ3n) is 3.74. The zero-order valence-electron chi connectivity index (χ0n) is 14.5. The quantitative estimate of drug-likeness (QED) is 0.810. The Kier molecular flexibility index (Phi) is 5.87. The molecule has 0 fully saturated rings. The highest BCUT2D eigenvalue weighted by atomic mass is 16.5. The van der Waals surface area contributed by atoms with Crippen LogP contribution < -0.4 is 19.5 Å². The van der Waals surface area contributed by atoms with Gasteiger partial charge in [0.1, 0.15) is 0 Å². The Bertz CT molecular complexity index is 628. The first-order valence-electron chi connectivity index (χ1n) is 7.65. The first kappa shape index (κ1) is 17.1. The van der Waals surface area contributed by atoms with Crippen molar-refractivity contribution in [1.82, 2.24) is 15.1 Å². The summed E-state index contributed by atoms with van der Waals surface area (Å²) in [5, 5.41) is 7.88. The van der Waals surface area contributed by atoms with Gasteiger partial charge in [-0.05, 0) is 31.5 Å². The average molecular weight is 319 g/mol. The van der Waals surface area contributed by atoms with Crippen LogP contribution in [-0.2, 0) is 19.6 Å². The molecule has 1 aromatic heterocycles. The van der Waals surface area contributed by atoms with Crippen LogP contribution in [0.3, 0.4) is 0 Å². The second-order valence-electron chi connectivity index (χ2n) is 5.23. The van der Waals surface area contributed by atoms with Crippen LogP contribution in [-0.4, -0.2) is 31.1 Å². The minimum absolute atomic E-state index is 0.610. The SMILES string of the molecule is CCn1cc(CNCc2cc(OC)c(OC)c(OC)c2)c(C)n1. The Morgan fingerprint density at radius 2 is 1.70 bits per heavy atom. The summed E-state index contributed by atoms with van der Waals surface area (Å²) >= 11 is 0. The number of methoxy groups -OCH3 is 3. The van der Waals surface area contributed by atoms with Crippen molar-refractivity contribution in [3.63, 3.8) is 0 Å². The first-order valence-corrected chi connectivity index (χ1v) is 7.65. The second-order valence-corrected chi connectivity index (χ2v) is 5.23. The molecule has 126 valence electrons. The Hall–Kier alpha value is -2.21. The van der Waals surface area contributed by atoms with Crippen LogP contribution in [0, 0.1) is 6.92 Å². The van der Waals surface area contributed by atoms with Gasteiger partial charge in [0.15, 0.2) is 11.5 Å².